The van der Waals surface area contributed by atoms with Gasteiger partial charge >= 0.3 is 0 Å². The zero-order chi connectivity index (χ0) is 27.5. The van der Waals surface area contributed by atoms with Crippen molar-refractivity contribution < 1.29 is 14.0 Å². The summed E-state index contributed by atoms with van der Waals surface area (Å²) in [6.07, 6.45) is 5.08. The first-order chi connectivity index (χ1) is 18.7. The minimum absolute atomic E-state index is 0.00548. The molecular weight excluding hydrogens is 566 g/mol. The number of anilines is 1. The van der Waals surface area contributed by atoms with Gasteiger partial charge in [-0.3, -0.25) is 14.4 Å². The van der Waals surface area contributed by atoms with Crippen LogP contribution in [0.3, 0.4) is 0 Å². The minimum atomic E-state index is -0.581. The van der Waals surface area contributed by atoms with Crippen LogP contribution in [0.1, 0.15) is 54.1 Å². The molecule has 2 aromatic carbocycles. The summed E-state index contributed by atoms with van der Waals surface area (Å²) < 4.78 is 18.0. The van der Waals surface area contributed by atoms with Crippen molar-refractivity contribution in [1.82, 2.24) is 15.2 Å². The summed E-state index contributed by atoms with van der Waals surface area (Å²) in [6, 6.07) is 6.42. The number of amides is 2. The van der Waals surface area contributed by atoms with Crippen molar-refractivity contribution in [2.24, 2.45) is 5.41 Å². The molecule has 204 valence electrons. The van der Waals surface area contributed by atoms with E-state index in [9.17, 15) is 14.4 Å². The van der Waals surface area contributed by atoms with Gasteiger partial charge in [0, 0.05) is 54.9 Å². The third-order valence-corrected chi connectivity index (χ3v) is 9.03. The van der Waals surface area contributed by atoms with Gasteiger partial charge in [-0.25, -0.2) is 4.39 Å². The molecule has 6 rings (SSSR count). The fourth-order valence-corrected chi connectivity index (χ4v) is 6.56. The Bertz CT molecular complexity index is 1580. The van der Waals surface area contributed by atoms with Crippen LogP contribution in [0, 0.1) is 11.2 Å². The van der Waals surface area contributed by atoms with Crippen LogP contribution in [0.25, 0.3) is 10.9 Å². The van der Waals surface area contributed by atoms with E-state index < -0.39 is 17.2 Å². The number of benzene rings is 2. The standard InChI is InChI=1S/C28H26Cl3FN4O3/c29-16-2-1-15(20(30)9-16)12-33-27(39)19-13-36(17-3-4-17)24-18(26(19)38)10-21(31)25(23(24)32)35-7-5-28(6-8-35)11-22(37)34-14-28/h1-2,9-10,13,17H,3-8,11-12,14H2,(H,33,39)(H,34,37). The van der Waals surface area contributed by atoms with Crippen LogP contribution in [0.4, 0.5) is 10.1 Å². The van der Waals surface area contributed by atoms with E-state index in [0.29, 0.717) is 41.7 Å². The number of aromatic nitrogens is 1. The SMILES string of the molecule is O=C1CC2(CCN(c3c(Cl)cc4c(=O)c(C(=O)NCc5ccc(Cl)cc5Cl)cn(C5CC5)c4c3F)CC2)CN1. The quantitative estimate of drug-likeness (QED) is 0.412. The number of carbonyl (C=O) groups excluding carboxylic acids is 2. The number of rotatable bonds is 5. The zero-order valence-corrected chi connectivity index (χ0v) is 23.2. The number of hydrogen-bond acceptors (Lipinski definition) is 4. The Kier molecular flexibility index (Phi) is 6.76. The van der Waals surface area contributed by atoms with Gasteiger partial charge in [0.25, 0.3) is 5.91 Å². The summed E-state index contributed by atoms with van der Waals surface area (Å²) in [5.74, 6) is -1.08. The first kappa shape index (κ1) is 26.4. The summed E-state index contributed by atoms with van der Waals surface area (Å²) in [5, 5.41) is 6.73. The molecule has 3 heterocycles. The van der Waals surface area contributed by atoms with Gasteiger partial charge in [0.2, 0.25) is 11.3 Å². The average molecular weight is 592 g/mol. The van der Waals surface area contributed by atoms with Crippen molar-refractivity contribution in [2.75, 3.05) is 24.5 Å². The number of piperidine rings is 1. The van der Waals surface area contributed by atoms with Crippen LogP contribution in [0.5, 0.6) is 0 Å². The van der Waals surface area contributed by atoms with Crippen molar-refractivity contribution in [1.29, 1.82) is 0 Å². The molecule has 2 aliphatic heterocycles. The molecule has 1 aliphatic carbocycles. The molecule has 1 aromatic heterocycles. The van der Waals surface area contributed by atoms with Gasteiger partial charge in [-0.2, -0.15) is 0 Å². The summed E-state index contributed by atoms with van der Waals surface area (Å²) in [6.45, 7) is 1.85. The Labute approximate surface area is 239 Å². The van der Waals surface area contributed by atoms with Crippen molar-refractivity contribution >= 4 is 63.2 Å². The van der Waals surface area contributed by atoms with Gasteiger partial charge < -0.3 is 20.1 Å². The van der Waals surface area contributed by atoms with Gasteiger partial charge in [-0.05, 0) is 54.9 Å². The molecule has 11 heteroatoms. The molecule has 3 fully saturated rings. The number of carbonyl (C=O) groups is 2. The third-order valence-electron chi connectivity index (χ3n) is 8.16. The van der Waals surface area contributed by atoms with E-state index in [1.807, 2.05) is 4.90 Å². The maximum absolute atomic E-state index is 16.3. The molecule has 2 amide bonds. The summed E-state index contributed by atoms with van der Waals surface area (Å²) >= 11 is 18.8. The fourth-order valence-electron chi connectivity index (χ4n) is 5.77. The molecule has 3 aromatic rings. The lowest BCUT2D eigenvalue weighted by Crippen LogP contribution is -2.41. The molecule has 7 nitrogen and oxygen atoms in total. The van der Waals surface area contributed by atoms with E-state index in [4.69, 9.17) is 34.8 Å². The van der Waals surface area contributed by atoms with Crippen LogP contribution in [0.15, 0.2) is 35.3 Å². The second-order valence-corrected chi connectivity index (χ2v) is 12.0. The third kappa shape index (κ3) is 4.87. The predicted octanol–water partition coefficient (Wildman–Crippen LogP) is 5.47. The highest BCUT2D eigenvalue weighted by Crippen LogP contribution is 2.44. The number of nitrogens with zero attached hydrogens (tertiary/aromatic N) is 2. The Morgan fingerprint density at radius 2 is 1.85 bits per heavy atom. The molecule has 1 spiro atoms. The van der Waals surface area contributed by atoms with Crippen LogP contribution in [0.2, 0.25) is 15.1 Å². The Morgan fingerprint density at radius 1 is 1.10 bits per heavy atom. The van der Waals surface area contributed by atoms with Crippen LogP contribution in [-0.4, -0.2) is 36.0 Å². The van der Waals surface area contributed by atoms with Gasteiger partial charge in [-0.15, -0.1) is 0 Å². The van der Waals surface area contributed by atoms with Crippen molar-refractivity contribution in [2.45, 2.75) is 44.7 Å². The molecule has 2 N–H and O–H groups in total. The van der Waals surface area contributed by atoms with Crippen molar-refractivity contribution in [3.05, 3.63) is 72.7 Å². The number of nitrogens with one attached hydrogen (secondary N) is 2. The predicted molar refractivity (Wildman–Crippen MR) is 151 cm³/mol. The molecule has 1 saturated carbocycles. The largest absolute Gasteiger partial charge is 0.368 e. The topological polar surface area (TPSA) is 83.4 Å². The van der Waals surface area contributed by atoms with Gasteiger partial charge in [0.15, 0.2) is 5.82 Å². The average Bonchev–Trinajstić information content (AvgIpc) is 3.68. The molecule has 39 heavy (non-hydrogen) atoms. The molecule has 0 unspecified atom stereocenters. The Hall–Kier alpha value is -2.81. The highest BCUT2D eigenvalue weighted by atomic mass is 35.5. The second-order valence-electron chi connectivity index (χ2n) is 10.8. The molecule has 2 saturated heterocycles. The highest BCUT2D eigenvalue weighted by molar-refractivity contribution is 6.35. The van der Waals surface area contributed by atoms with Gasteiger partial charge in [-0.1, -0.05) is 40.9 Å². The smallest absolute Gasteiger partial charge is 0.257 e. The summed E-state index contributed by atoms with van der Waals surface area (Å²) in [5.41, 5.74) is 0.319. The van der Waals surface area contributed by atoms with Crippen molar-refractivity contribution in [3.63, 3.8) is 0 Å². The van der Waals surface area contributed by atoms with E-state index in [1.54, 1.807) is 22.8 Å². The van der Waals surface area contributed by atoms with E-state index in [-0.39, 0.29) is 51.1 Å². The Balaban J connectivity index is 1.33. The lowest BCUT2D eigenvalue weighted by molar-refractivity contribution is -0.119. The Morgan fingerprint density at radius 3 is 2.49 bits per heavy atom. The molecular formula is C28H26Cl3FN4O3. The van der Waals surface area contributed by atoms with Gasteiger partial charge in [0.1, 0.15) is 5.56 Å². The maximum Gasteiger partial charge on any atom is 0.257 e. The van der Waals surface area contributed by atoms with E-state index in [2.05, 4.69) is 10.6 Å². The summed E-state index contributed by atoms with van der Waals surface area (Å²) in [4.78, 5) is 40.3. The summed E-state index contributed by atoms with van der Waals surface area (Å²) in [7, 11) is 0. The number of halogens is 4. The van der Waals surface area contributed by atoms with E-state index in [0.717, 1.165) is 25.7 Å². The maximum atomic E-state index is 16.3. The zero-order valence-electron chi connectivity index (χ0n) is 21.0. The first-order valence-corrected chi connectivity index (χ1v) is 14.1. The van der Waals surface area contributed by atoms with Crippen LogP contribution < -0.4 is 21.0 Å². The van der Waals surface area contributed by atoms with Gasteiger partial charge in [0.05, 0.1) is 21.6 Å². The molecule has 0 atom stereocenters. The van der Waals surface area contributed by atoms with Crippen LogP contribution >= 0.6 is 34.8 Å². The number of hydrogen-bond donors (Lipinski definition) is 2. The lowest BCUT2D eigenvalue weighted by Gasteiger charge is -2.39. The van der Waals surface area contributed by atoms with Crippen LogP contribution in [-0.2, 0) is 11.3 Å². The molecule has 0 radical (unpaired) electrons. The molecule has 3 aliphatic rings. The second kappa shape index (κ2) is 9.98. The van der Waals surface area contributed by atoms with Crippen molar-refractivity contribution in [3.8, 4) is 0 Å². The molecule has 0 bridgehead atoms. The highest BCUT2D eigenvalue weighted by Gasteiger charge is 2.42. The fraction of sp³-hybridized carbons (Fsp3) is 0.393. The number of pyridine rings is 1. The lowest BCUT2D eigenvalue weighted by atomic mass is 9.77. The van der Waals surface area contributed by atoms with E-state index in [1.165, 1.54) is 12.3 Å². The first-order valence-electron chi connectivity index (χ1n) is 13.0. The minimum Gasteiger partial charge on any atom is -0.368 e. The van der Waals surface area contributed by atoms with E-state index >= 15 is 4.39 Å². The number of fused-ring (bicyclic) bond motifs is 1. The monoisotopic (exact) mass is 590 g/mol. The normalized spacial score (nSPS) is 18.6.